The highest BCUT2D eigenvalue weighted by Crippen LogP contribution is 2.28. The van der Waals surface area contributed by atoms with Crippen molar-refractivity contribution in [1.29, 1.82) is 5.26 Å². The van der Waals surface area contributed by atoms with Crippen LogP contribution in [0.4, 0.5) is 10.2 Å². The average molecular weight is 420 g/mol. The highest BCUT2D eigenvalue weighted by molar-refractivity contribution is 5.48. The fourth-order valence-corrected chi connectivity index (χ4v) is 3.44. The zero-order chi connectivity index (χ0) is 22.0. The van der Waals surface area contributed by atoms with Crippen molar-refractivity contribution in [3.63, 3.8) is 0 Å². The maximum Gasteiger partial charge on any atom is 0.352 e. The van der Waals surface area contributed by atoms with E-state index in [-0.39, 0.29) is 23.7 Å². The molecule has 31 heavy (non-hydrogen) atoms. The van der Waals surface area contributed by atoms with Gasteiger partial charge in [0.25, 0.3) is 0 Å². The van der Waals surface area contributed by atoms with E-state index in [2.05, 4.69) is 18.0 Å². The van der Waals surface area contributed by atoms with E-state index >= 15 is 0 Å². The molecule has 1 aromatic heterocycles. The molecule has 0 radical (unpaired) electrons. The normalized spacial score (nSPS) is 15.2. The number of nitrogens with zero attached hydrogens (tertiary/aromatic N) is 4. The molecule has 0 saturated heterocycles. The molecule has 158 valence electrons. The van der Waals surface area contributed by atoms with Gasteiger partial charge in [0, 0.05) is 31.8 Å². The number of fused-ring (bicyclic) bond motifs is 1. The third kappa shape index (κ3) is 4.36. The van der Waals surface area contributed by atoms with E-state index in [1.165, 1.54) is 18.2 Å². The molecular formula is C23H21FN4O3. The Morgan fingerprint density at radius 3 is 2.87 bits per heavy atom. The topological polar surface area (TPSA) is 80.4 Å². The predicted molar refractivity (Wildman–Crippen MR) is 113 cm³/mol. The number of anilines is 1. The minimum atomic E-state index is -0.422. The van der Waals surface area contributed by atoms with Crippen molar-refractivity contribution in [3.05, 3.63) is 76.0 Å². The van der Waals surface area contributed by atoms with E-state index in [0.29, 0.717) is 29.6 Å². The molecule has 4 rings (SSSR count). The Balaban J connectivity index is 1.51. The summed E-state index contributed by atoms with van der Waals surface area (Å²) in [6, 6.07) is 14.9. The largest absolute Gasteiger partial charge is 0.473 e. The van der Waals surface area contributed by atoms with Crippen LogP contribution in [-0.2, 0) is 13.2 Å². The molecule has 0 amide bonds. The summed E-state index contributed by atoms with van der Waals surface area (Å²) in [6.07, 6.45) is 0.881. The van der Waals surface area contributed by atoms with Gasteiger partial charge in [-0.2, -0.15) is 10.2 Å². The lowest BCUT2D eigenvalue weighted by Crippen LogP contribution is -2.41. The van der Waals surface area contributed by atoms with Gasteiger partial charge in [-0.1, -0.05) is 12.1 Å². The van der Waals surface area contributed by atoms with Crippen molar-refractivity contribution in [2.75, 3.05) is 11.9 Å². The number of hydrogen-bond acceptors (Lipinski definition) is 6. The molecule has 3 aromatic rings. The van der Waals surface area contributed by atoms with Gasteiger partial charge in [-0.15, -0.1) is 0 Å². The van der Waals surface area contributed by atoms with Crippen molar-refractivity contribution < 1.29 is 13.9 Å². The van der Waals surface area contributed by atoms with E-state index < -0.39 is 5.82 Å². The minimum Gasteiger partial charge on any atom is -0.473 e. The van der Waals surface area contributed by atoms with E-state index in [1.807, 2.05) is 11.9 Å². The molecule has 0 N–H and O–H groups in total. The fourth-order valence-electron chi connectivity index (χ4n) is 3.44. The Bertz CT molecular complexity index is 1220. The third-order valence-electron chi connectivity index (χ3n) is 5.33. The molecule has 0 unspecified atom stereocenters. The standard InChI is InChI=1S/C23H21FN4O3/c1-15-8-9-28-22(27(15)2)12-21(26-23(28)29)30-14-16-6-7-20(17(10-16)13-25)31-19-5-3-4-18(24)11-19/h3-7,10-12,15H,8-9,14H2,1-2H3/t15-/m1/s1. The summed E-state index contributed by atoms with van der Waals surface area (Å²) in [7, 11) is 1.94. The van der Waals surface area contributed by atoms with Gasteiger partial charge < -0.3 is 14.4 Å². The number of nitriles is 1. The molecule has 7 nitrogen and oxygen atoms in total. The van der Waals surface area contributed by atoms with Crippen LogP contribution in [0.3, 0.4) is 0 Å². The van der Waals surface area contributed by atoms with Crippen LogP contribution < -0.4 is 20.1 Å². The van der Waals surface area contributed by atoms with Crippen LogP contribution in [0.2, 0.25) is 0 Å². The first-order valence-corrected chi connectivity index (χ1v) is 9.88. The van der Waals surface area contributed by atoms with Crippen molar-refractivity contribution in [1.82, 2.24) is 9.55 Å². The van der Waals surface area contributed by atoms with Gasteiger partial charge in [-0.25, -0.2) is 9.18 Å². The fraction of sp³-hybridized carbons (Fsp3) is 0.261. The van der Waals surface area contributed by atoms with E-state index in [0.717, 1.165) is 12.2 Å². The maximum atomic E-state index is 13.4. The highest BCUT2D eigenvalue weighted by atomic mass is 19.1. The molecule has 0 aliphatic carbocycles. The Labute approximate surface area is 178 Å². The number of aromatic nitrogens is 2. The number of halogens is 1. The predicted octanol–water partition coefficient (Wildman–Crippen LogP) is 3.85. The first-order chi connectivity index (χ1) is 14.9. The lowest BCUT2D eigenvalue weighted by atomic mass is 10.1. The monoisotopic (exact) mass is 420 g/mol. The summed E-state index contributed by atoms with van der Waals surface area (Å²) in [4.78, 5) is 18.4. The van der Waals surface area contributed by atoms with Crippen LogP contribution in [0.1, 0.15) is 24.5 Å². The summed E-state index contributed by atoms with van der Waals surface area (Å²) >= 11 is 0. The van der Waals surface area contributed by atoms with Crippen LogP contribution >= 0.6 is 0 Å². The van der Waals surface area contributed by atoms with Crippen LogP contribution in [0.15, 0.2) is 53.3 Å². The van der Waals surface area contributed by atoms with Crippen LogP contribution in [0.5, 0.6) is 17.4 Å². The Kier molecular flexibility index (Phi) is 5.58. The summed E-state index contributed by atoms with van der Waals surface area (Å²) in [5.74, 6) is 1.20. The summed E-state index contributed by atoms with van der Waals surface area (Å²) in [5, 5.41) is 9.48. The lowest BCUT2D eigenvalue weighted by Gasteiger charge is -2.34. The maximum absolute atomic E-state index is 13.4. The minimum absolute atomic E-state index is 0.129. The average Bonchev–Trinajstić information content (AvgIpc) is 2.76. The molecule has 8 heteroatoms. The zero-order valence-electron chi connectivity index (χ0n) is 17.2. The van der Waals surface area contributed by atoms with Crippen molar-refractivity contribution in [3.8, 4) is 23.4 Å². The van der Waals surface area contributed by atoms with E-state index in [9.17, 15) is 14.4 Å². The second-order valence-electron chi connectivity index (χ2n) is 7.43. The SMILES string of the molecule is C[C@@H]1CCn2c(cc(OCc3ccc(Oc4cccc(F)c4)c(C#N)c3)nc2=O)N1C. The molecule has 0 fully saturated rings. The van der Waals surface area contributed by atoms with Gasteiger partial charge >= 0.3 is 5.69 Å². The van der Waals surface area contributed by atoms with Gasteiger partial charge in [0.15, 0.2) is 0 Å². The molecule has 0 saturated carbocycles. The first kappa shape index (κ1) is 20.4. The van der Waals surface area contributed by atoms with Gasteiger partial charge in [-0.3, -0.25) is 4.57 Å². The van der Waals surface area contributed by atoms with E-state index in [1.54, 1.807) is 34.9 Å². The van der Waals surface area contributed by atoms with Crippen LogP contribution in [0.25, 0.3) is 0 Å². The smallest absolute Gasteiger partial charge is 0.352 e. The zero-order valence-corrected chi connectivity index (χ0v) is 17.2. The second kappa shape index (κ2) is 8.48. The third-order valence-corrected chi connectivity index (χ3v) is 5.33. The molecule has 1 aliphatic heterocycles. The van der Waals surface area contributed by atoms with Crippen LogP contribution in [0, 0.1) is 17.1 Å². The summed E-state index contributed by atoms with van der Waals surface area (Å²) in [5.41, 5.74) is 0.657. The van der Waals surface area contributed by atoms with Gasteiger partial charge in [0.1, 0.15) is 35.8 Å². The molecule has 0 bridgehead atoms. The molecule has 0 spiro atoms. The Hall–Kier alpha value is -3.86. The number of benzene rings is 2. The second-order valence-corrected chi connectivity index (χ2v) is 7.43. The van der Waals surface area contributed by atoms with E-state index in [4.69, 9.17) is 9.47 Å². The van der Waals surface area contributed by atoms with Crippen molar-refractivity contribution in [2.45, 2.75) is 32.5 Å². The van der Waals surface area contributed by atoms with Gasteiger partial charge in [0.2, 0.25) is 5.88 Å². The highest BCUT2D eigenvalue weighted by Gasteiger charge is 2.22. The number of hydrogen-bond donors (Lipinski definition) is 0. The van der Waals surface area contributed by atoms with Crippen LogP contribution in [-0.4, -0.2) is 22.6 Å². The van der Waals surface area contributed by atoms with Crippen molar-refractivity contribution in [2.24, 2.45) is 0 Å². The quantitative estimate of drug-likeness (QED) is 0.624. The molecule has 2 heterocycles. The van der Waals surface area contributed by atoms with Gasteiger partial charge in [0.05, 0.1) is 5.56 Å². The number of rotatable bonds is 5. The first-order valence-electron chi connectivity index (χ1n) is 9.88. The molecule has 1 atom stereocenters. The number of ether oxygens (including phenoxy) is 2. The Morgan fingerprint density at radius 1 is 1.26 bits per heavy atom. The van der Waals surface area contributed by atoms with Crippen molar-refractivity contribution >= 4 is 5.82 Å². The summed E-state index contributed by atoms with van der Waals surface area (Å²) in [6.45, 7) is 2.86. The molecule has 2 aromatic carbocycles. The van der Waals surface area contributed by atoms with Gasteiger partial charge in [-0.05, 0) is 43.2 Å². The lowest BCUT2D eigenvalue weighted by molar-refractivity contribution is 0.289. The molecular weight excluding hydrogens is 399 g/mol. The molecule has 1 aliphatic rings. The summed E-state index contributed by atoms with van der Waals surface area (Å²) < 4.78 is 26.4. The Morgan fingerprint density at radius 2 is 2.10 bits per heavy atom.